The zero-order valence-electron chi connectivity index (χ0n) is 12.2. The number of nitrogen functional groups attached to an aromatic ring is 2. The molecule has 1 aromatic rings. The van der Waals surface area contributed by atoms with E-state index in [-0.39, 0.29) is 11.6 Å². The second-order valence-electron chi connectivity index (χ2n) is 7.30. The molecular formula is C17H22N2O2. The topological polar surface area (TPSA) is 78.3 Å². The van der Waals surface area contributed by atoms with Crippen LogP contribution in [-0.2, 0) is 4.74 Å². The fourth-order valence-electron chi connectivity index (χ4n) is 5.23. The maximum absolute atomic E-state index is 12.6. The lowest BCUT2D eigenvalue weighted by Crippen LogP contribution is -2.52. The van der Waals surface area contributed by atoms with Crippen LogP contribution in [0.4, 0.5) is 11.4 Å². The molecule has 4 bridgehead atoms. The van der Waals surface area contributed by atoms with Gasteiger partial charge < -0.3 is 16.2 Å². The molecule has 4 nitrogen and oxygen atoms in total. The number of hydrogen-bond donors (Lipinski definition) is 2. The lowest BCUT2D eigenvalue weighted by atomic mass is 9.54. The number of rotatable bonds is 2. The molecule has 0 saturated heterocycles. The predicted octanol–water partition coefficient (Wildman–Crippen LogP) is 2.98. The van der Waals surface area contributed by atoms with Crippen molar-refractivity contribution in [1.29, 1.82) is 0 Å². The summed E-state index contributed by atoms with van der Waals surface area (Å²) in [4.78, 5) is 12.6. The molecule has 21 heavy (non-hydrogen) atoms. The fraction of sp³-hybridized carbons (Fsp3) is 0.588. The molecule has 0 atom stereocenters. The van der Waals surface area contributed by atoms with E-state index in [4.69, 9.17) is 16.2 Å². The maximum atomic E-state index is 12.6. The van der Waals surface area contributed by atoms with Crippen LogP contribution in [0.3, 0.4) is 0 Å². The lowest BCUT2D eigenvalue weighted by molar-refractivity contribution is -0.131. The van der Waals surface area contributed by atoms with E-state index in [2.05, 4.69) is 0 Å². The van der Waals surface area contributed by atoms with Crippen LogP contribution >= 0.6 is 0 Å². The zero-order valence-corrected chi connectivity index (χ0v) is 12.2. The molecule has 4 N–H and O–H groups in total. The van der Waals surface area contributed by atoms with Crippen LogP contribution < -0.4 is 11.5 Å². The van der Waals surface area contributed by atoms with Crippen molar-refractivity contribution in [3.63, 3.8) is 0 Å². The number of benzene rings is 1. The van der Waals surface area contributed by atoms with E-state index in [9.17, 15) is 4.79 Å². The lowest BCUT2D eigenvalue weighted by Gasteiger charge is -2.55. The molecule has 0 heterocycles. The first kappa shape index (κ1) is 13.0. The van der Waals surface area contributed by atoms with Gasteiger partial charge in [-0.2, -0.15) is 0 Å². The summed E-state index contributed by atoms with van der Waals surface area (Å²) in [5.41, 5.74) is 12.7. The molecule has 4 aliphatic carbocycles. The standard InChI is InChI=1S/C17H22N2O2/c18-13-2-1-3-14(19)15(13)16(20)21-17-7-10-4-11(8-17)6-12(5-10)9-17/h1-3,10-12H,4-9,18-19H2. The van der Waals surface area contributed by atoms with Gasteiger partial charge in [0.15, 0.2) is 0 Å². The molecule has 1 aromatic carbocycles. The summed E-state index contributed by atoms with van der Waals surface area (Å²) < 4.78 is 6.00. The maximum Gasteiger partial charge on any atom is 0.342 e. The van der Waals surface area contributed by atoms with Gasteiger partial charge in [0.05, 0.1) is 0 Å². The Morgan fingerprint density at radius 1 is 1.00 bits per heavy atom. The quantitative estimate of drug-likeness (QED) is 0.647. The number of carbonyl (C=O) groups is 1. The number of ether oxygens (including phenoxy) is 1. The molecule has 0 radical (unpaired) electrons. The number of anilines is 2. The highest BCUT2D eigenvalue weighted by atomic mass is 16.6. The average molecular weight is 286 g/mol. The molecule has 0 spiro atoms. The Balaban J connectivity index is 1.60. The van der Waals surface area contributed by atoms with Crippen molar-refractivity contribution < 1.29 is 9.53 Å². The monoisotopic (exact) mass is 286 g/mol. The van der Waals surface area contributed by atoms with E-state index < -0.39 is 0 Å². The third-order valence-corrected chi connectivity index (χ3v) is 5.62. The minimum absolute atomic E-state index is 0.249. The molecule has 0 aromatic heterocycles. The van der Waals surface area contributed by atoms with Gasteiger partial charge >= 0.3 is 5.97 Å². The Morgan fingerprint density at radius 3 is 1.95 bits per heavy atom. The van der Waals surface area contributed by atoms with Gasteiger partial charge in [0, 0.05) is 11.4 Å². The van der Waals surface area contributed by atoms with Crippen molar-refractivity contribution in [2.24, 2.45) is 17.8 Å². The minimum Gasteiger partial charge on any atom is -0.455 e. The molecule has 112 valence electrons. The molecule has 4 aliphatic rings. The van der Waals surface area contributed by atoms with Gasteiger partial charge in [-0.3, -0.25) is 0 Å². The number of nitrogens with two attached hydrogens (primary N) is 2. The van der Waals surface area contributed by atoms with E-state index in [0.29, 0.717) is 16.9 Å². The highest BCUT2D eigenvalue weighted by Gasteiger charge is 2.53. The molecule has 4 saturated carbocycles. The number of esters is 1. The molecule has 4 fully saturated rings. The molecule has 4 heteroatoms. The number of hydrogen-bond acceptors (Lipinski definition) is 4. The Bertz CT molecular complexity index is 541. The third-order valence-electron chi connectivity index (χ3n) is 5.62. The van der Waals surface area contributed by atoms with E-state index in [0.717, 1.165) is 37.0 Å². The molecular weight excluding hydrogens is 264 g/mol. The third kappa shape index (κ3) is 2.08. The van der Waals surface area contributed by atoms with Gasteiger partial charge in [0.25, 0.3) is 0 Å². The van der Waals surface area contributed by atoms with Crippen molar-refractivity contribution in [3.8, 4) is 0 Å². The number of carbonyl (C=O) groups excluding carboxylic acids is 1. The van der Waals surface area contributed by atoms with Crippen molar-refractivity contribution in [2.45, 2.75) is 44.1 Å². The first-order valence-electron chi connectivity index (χ1n) is 7.92. The van der Waals surface area contributed by atoms with E-state index in [1.54, 1.807) is 18.2 Å². The second-order valence-corrected chi connectivity index (χ2v) is 7.30. The fourth-order valence-corrected chi connectivity index (χ4v) is 5.23. The molecule has 0 amide bonds. The summed E-state index contributed by atoms with van der Waals surface area (Å²) >= 11 is 0. The SMILES string of the molecule is Nc1cccc(N)c1C(=O)OC12CC3CC(CC(C3)C1)C2. The Kier molecular flexibility index (Phi) is 2.72. The van der Waals surface area contributed by atoms with Crippen molar-refractivity contribution in [3.05, 3.63) is 23.8 Å². The molecule has 0 unspecified atom stereocenters. The van der Waals surface area contributed by atoms with Crippen LogP contribution in [0, 0.1) is 17.8 Å². The van der Waals surface area contributed by atoms with Crippen LogP contribution in [-0.4, -0.2) is 11.6 Å². The highest BCUT2D eigenvalue weighted by Crippen LogP contribution is 2.57. The van der Waals surface area contributed by atoms with Crippen molar-refractivity contribution in [2.75, 3.05) is 11.5 Å². The van der Waals surface area contributed by atoms with Gasteiger partial charge in [-0.15, -0.1) is 0 Å². The second kappa shape index (κ2) is 4.39. The summed E-state index contributed by atoms with van der Waals surface area (Å²) in [7, 11) is 0. The van der Waals surface area contributed by atoms with E-state index in [1.807, 2.05) is 0 Å². The zero-order chi connectivity index (χ0) is 14.6. The Morgan fingerprint density at radius 2 is 1.48 bits per heavy atom. The normalized spacial score (nSPS) is 36.7. The summed E-state index contributed by atoms with van der Waals surface area (Å²) in [6.45, 7) is 0. The highest BCUT2D eigenvalue weighted by molar-refractivity contribution is 6.00. The summed E-state index contributed by atoms with van der Waals surface area (Å²) in [5, 5.41) is 0. The Hall–Kier alpha value is -1.71. The van der Waals surface area contributed by atoms with Crippen LogP contribution in [0.2, 0.25) is 0 Å². The summed E-state index contributed by atoms with van der Waals surface area (Å²) in [6.07, 6.45) is 7.05. The molecule has 5 rings (SSSR count). The van der Waals surface area contributed by atoms with Gasteiger partial charge in [0.2, 0.25) is 0 Å². The first-order chi connectivity index (χ1) is 10.0. The predicted molar refractivity (Wildman–Crippen MR) is 81.6 cm³/mol. The van der Waals surface area contributed by atoms with Crippen LogP contribution in [0.25, 0.3) is 0 Å². The smallest absolute Gasteiger partial charge is 0.342 e. The van der Waals surface area contributed by atoms with E-state index in [1.165, 1.54) is 19.3 Å². The largest absolute Gasteiger partial charge is 0.455 e. The van der Waals surface area contributed by atoms with Crippen LogP contribution in [0.5, 0.6) is 0 Å². The summed E-state index contributed by atoms with van der Waals surface area (Å²) in [6, 6.07) is 5.16. The van der Waals surface area contributed by atoms with Gasteiger partial charge in [-0.1, -0.05) is 6.07 Å². The van der Waals surface area contributed by atoms with Crippen LogP contribution in [0.1, 0.15) is 48.9 Å². The van der Waals surface area contributed by atoms with Crippen LogP contribution in [0.15, 0.2) is 18.2 Å². The average Bonchev–Trinajstić information content (AvgIpc) is 2.35. The Labute approximate surface area is 124 Å². The van der Waals surface area contributed by atoms with E-state index >= 15 is 0 Å². The minimum atomic E-state index is -0.340. The van der Waals surface area contributed by atoms with Gasteiger partial charge in [-0.05, 0) is 68.4 Å². The molecule has 0 aliphatic heterocycles. The van der Waals surface area contributed by atoms with Crippen molar-refractivity contribution in [1.82, 2.24) is 0 Å². The summed E-state index contributed by atoms with van der Waals surface area (Å²) in [5.74, 6) is 1.89. The first-order valence-corrected chi connectivity index (χ1v) is 7.92. The van der Waals surface area contributed by atoms with Crippen molar-refractivity contribution >= 4 is 17.3 Å². The van der Waals surface area contributed by atoms with Gasteiger partial charge in [0.1, 0.15) is 11.2 Å². The van der Waals surface area contributed by atoms with Gasteiger partial charge in [-0.25, -0.2) is 4.79 Å².